The number of ether oxygens (including phenoxy) is 1. The maximum atomic E-state index is 13.2. The standard InChI is InChI=1S/C19H18Cl2N2O4S2/c1-19(27-14-7-5-13(20)6-8-14,17(24)23-18-22-11-16(21)28-18)12-3-9-15(10-4-12)29(2,25)26/h3-10,16H,11H2,1-2H3,(H,22,23,24). The molecule has 1 N–H and O–H groups in total. The number of hydrogen-bond acceptors (Lipinski definition) is 6. The van der Waals surface area contributed by atoms with Crippen molar-refractivity contribution in [3.05, 3.63) is 59.1 Å². The molecule has 2 atom stereocenters. The maximum Gasteiger partial charge on any atom is 0.274 e. The van der Waals surface area contributed by atoms with E-state index in [0.29, 0.717) is 28.0 Å². The van der Waals surface area contributed by atoms with E-state index in [4.69, 9.17) is 27.9 Å². The number of hydrogen-bond donors (Lipinski definition) is 1. The molecule has 0 aliphatic carbocycles. The zero-order valence-corrected chi connectivity index (χ0v) is 18.7. The van der Waals surface area contributed by atoms with Crippen LogP contribution in [0.25, 0.3) is 0 Å². The Hall–Kier alpha value is -1.74. The molecular weight excluding hydrogens is 455 g/mol. The summed E-state index contributed by atoms with van der Waals surface area (Å²) >= 11 is 13.2. The van der Waals surface area contributed by atoms with Crippen LogP contribution < -0.4 is 10.1 Å². The van der Waals surface area contributed by atoms with E-state index >= 15 is 0 Å². The van der Waals surface area contributed by atoms with Gasteiger partial charge in [-0.15, -0.1) is 11.6 Å². The Labute approximate surface area is 183 Å². The molecule has 2 aromatic rings. The van der Waals surface area contributed by atoms with Crippen LogP contribution in [0.5, 0.6) is 5.75 Å². The van der Waals surface area contributed by atoms with Gasteiger partial charge in [0.25, 0.3) is 5.91 Å². The van der Waals surface area contributed by atoms with Gasteiger partial charge in [-0.3, -0.25) is 9.79 Å². The molecule has 154 valence electrons. The highest BCUT2D eigenvalue weighted by Gasteiger charge is 2.39. The van der Waals surface area contributed by atoms with Gasteiger partial charge in [-0.1, -0.05) is 35.5 Å². The summed E-state index contributed by atoms with van der Waals surface area (Å²) < 4.78 is 29.3. The fourth-order valence-electron chi connectivity index (χ4n) is 2.63. The molecular formula is C19H18Cl2N2O4S2. The molecule has 2 aromatic carbocycles. The summed E-state index contributed by atoms with van der Waals surface area (Å²) in [6.07, 6.45) is 1.12. The van der Waals surface area contributed by atoms with Crippen LogP contribution in [0.1, 0.15) is 12.5 Å². The number of thioether (sulfide) groups is 1. The molecule has 1 aliphatic rings. The minimum atomic E-state index is -3.37. The van der Waals surface area contributed by atoms with Gasteiger partial charge in [0.15, 0.2) is 15.0 Å². The number of aliphatic imine (C=N–C) groups is 1. The third-order valence-corrected chi connectivity index (χ3v) is 6.89. The van der Waals surface area contributed by atoms with Gasteiger partial charge in [-0.05, 0) is 43.3 Å². The Morgan fingerprint density at radius 3 is 2.34 bits per heavy atom. The number of alkyl halides is 1. The minimum Gasteiger partial charge on any atom is -0.473 e. The lowest BCUT2D eigenvalue weighted by molar-refractivity contribution is -0.134. The number of nitrogens with zero attached hydrogens (tertiary/aromatic N) is 1. The summed E-state index contributed by atoms with van der Waals surface area (Å²) in [5.41, 5.74) is -0.986. The highest BCUT2D eigenvalue weighted by atomic mass is 35.5. The quantitative estimate of drug-likeness (QED) is 0.668. The van der Waals surface area contributed by atoms with Gasteiger partial charge in [-0.25, -0.2) is 8.42 Å². The maximum absolute atomic E-state index is 13.2. The van der Waals surface area contributed by atoms with Crippen LogP contribution in [-0.4, -0.2) is 37.0 Å². The number of benzene rings is 2. The van der Waals surface area contributed by atoms with Gasteiger partial charge in [0, 0.05) is 16.8 Å². The lowest BCUT2D eigenvalue weighted by atomic mass is 9.94. The molecule has 2 unspecified atom stereocenters. The van der Waals surface area contributed by atoms with E-state index in [-0.39, 0.29) is 9.60 Å². The lowest BCUT2D eigenvalue weighted by Crippen LogP contribution is -2.47. The lowest BCUT2D eigenvalue weighted by Gasteiger charge is -2.30. The Morgan fingerprint density at radius 2 is 1.83 bits per heavy atom. The molecule has 0 saturated carbocycles. The molecule has 3 rings (SSSR count). The van der Waals surface area contributed by atoms with Gasteiger partial charge in [-0.2, -0.15) is 0 Å². The highest BCUT2D eigenvalue weighted by Crippen LogP contribution is 2.31. The van der Waals surface area contributed by atoms with Gasteiger partial charge >= 0.3 is 0 Å². The monoisotopic (exact) mass is 472 g/mol. The number of nitrogens with one attached hydrogen (secondary N) is 1. The summed E-state index contributed by atoms with van der Waals surface area (Å²) in [4.78, 5) is 17.5. The van der Waals surface area contributed by atoms with Crippen molar-refractivity contribution in [2.75, 3.05) is 12.8 Å². The minimum absolute atomic E-state index is 0.149. The van der Waals surface area contributed by atoms with E-state index in [1.165, 1.54) is 23.9 Å². The molecule has 0 spiro atoms. The first-order valence-electron chi connectivity index (χ1n) is 8.50. The van der Waals surface area contributed by atoms with E-state index in [1.807, 2.05) is 0 Å². The van der Waals surface area contributed by atoms with Crippen LogP contribution in [0, 0.1) is 0 Å². The van der Waals surface area contributed by atoms with E-state index in [0.717, 1.165) is 6.26 Å². The van der Waals surface area contributed by atoms with Crippen molar-refractivity contribution in [2.24, 2.45) is 4.99 Å². The SMILES string of the molecule is CC(Oc1ccc(Cl)cc1)(C(=O)NC1=NCC(Cl)S1)c1ccc(S(C)(=O)=O)cc1. The number of amidine groups is 1. The highest BCUT2D eigenvalue weighted by molar-refractivity contribution is 8.15. The smallest absolute Gasteiger partial charge is 0.274 e. The summed E-state index contributed by atoms with van der Waals surface area (Å²) in [6, 6.07) is 12.6. The zero-order chi connectivity index (χ0) is 21.2. The molecule has 6 nitrogen and oxygen atoms in total. The van der Waals surface area contributed by atoms with Crippen LogP contribution in [0.2, 0.25) is 5.02 Å². The Balaban J connectivity index is 1.95. The van der Waals surface area contributed by atoms with Crippen molar-refractivity contribution >= 4 is 55.9 Å². The summed E-state index contributed by atoms with van der Waals surface area (Å²) in [6.45, 7) is 2.00. The Bertz CT molecular complexity index is 1040. The fourth-order valence-corrected chi connectivity index (χ4v) is 4.40. The van der Waals surface area contributed by atoms with Crippen molar-refractivity contribution in [1.82, 2.24) is 5.32 Å². The number of amides is 1. The average molecular weight is 473 g/mol. The van der Waals surface area contributed by atoms with Crippen molar-refractivity contribution in [3.63, 3.8) is 0 Å². The Kier molecular flexibility index (Phi) is 6.48. The first-order valence-corrected chi connectivity index (χ1v) is 12.1. The second-order valence-corrected chi connectivity index (χ2v) is 10.9. The summed E-state index contributed by atoms with van der Waals surface area (Å²) in [7, 11) is -3.37. The predicted molar refractivity (Wildman–Crippen MR) is 117 cm³/mol. The van der Waals surface area contributed by atoms with E-state index < -0.39 is 21.3 Å². The molecule has 1 aliphatic heterocycles. The normalized spacial score (nSPS) is 18.6. The molecule has 29 heavy (non-hydrogen) atoms. The Morgan fingerprint density at radius 1 is 1.21 bits per heavy atom. The van der Waals surface area contributed by atoms with Crippen LogP contribution in [0.3, 0.4) is 0 Å². The molecule has 1 amide bonds. The second kappa shape index (κ2) is 8.55. The van der Waals surface area contributed by atoms with Crippen LogP contribution >= 0.6 is 35.0 Å². The van der Waals surface area contributed by atoms with Gasteiger partial charge in [0.05, 0.1) is 11.4 Å². The number of carbonyl (C=O) groups excluding carboxylic acids is 1. The third kappa shape index (κ3) is 5.25. The molecule has 0 aromatic heterocycles. The van der Waals surface area contributed by atoms with E-state index in [1.54, 1.807) is 43.3 Å². The first kappa shape index (κ1) is 22.0. The van der Waals surface area contributed by atoms with Crippen LogP contribution in [-0.2, 0) is 20.2 Å². The van der Waals surface area contributed by atoms with Crippen molar-refractivity contribution < 1.29 is 17.9 Å². The molecule has 0 bridgehead atoms. The molecule has 0 radical (unpaired) electrons. The number of carbonyl (C=O) groups is 1. The third-order valence-electron chi connectivity index (χ3n) is 4.24. The van der Waals surface area contributed by atoms with E-state index in [2.05, 4.69) is 10.3 Å². The molecule has 0 fully saturated rings. The van der Waals surface area contributed by atoms with Gasteiger partial charge in [0.1, 0.15) is 10.5 Å². The van der Waals surface area contributed by atoms with Crippen molar-refractivity contribution in [2.45, 2.75) is 22.1 Å². The molecule has 10 heteroatoms. The topological polar surface area (TPSA) is 84.8 Å². The largest absolute Gasteiger partial charge is 0.473 e. The number of rotatable bonds is 5. The predicted octanol–water partition coefficient (Wildman–Crippen LogP) is 3.82. The van der Waals surface area contributed by atoms with Crippen molar-refractivity contribution in [3.8, 4) is 5.75 Å². The number of sulfone groups is 1. The first-order chi connectivity index (χ1) is 13.6. The zero-order valence-electron chi connectivity index (χ0n) is 15.6. The fraction of sp³-hybridized carbons (Fsp3) is 0.263. The van der Waals surface area contributed by atoms with Gasteiger partial charge in [0.2, 0.25) is 5.60 Å². The van der Waals surface area contributed by atoms with Crippen LogP contribution in [0.15, 0.2) is 58.4 Å². The van der Waals surface area contributed by atoms with Crippen LogP contribution in [0.4, 0.5) is 0 Å². The number of halogens is 2. The second-order valence-electron chi connectivity index (χ2n) is 6.51. The van der Waals surface area contributed by atoms with Crippen molar-refractivity contribution in [1.29, 1.82) is 0 Å². The van der Waals surface area contributed by atoms with E-state index in [9.17, 15) is 13.2 Å². The summed E-state index contributed by atoms with van der Waals surface area (Å²) in [5, 5.41) is 3.69. The summed E-state index contributed by atoms with van der Waals surface area (Å²) in [5.74, 6) is -0.0351. The molecule has 1 heterocycles. The van der Waals surface area contributed by atoms with Gasteiger partial charge < -0.3 is 10.1 Å². The molecule has 0 saturated heterocycles. The average Bonchev–Trinajstić information content (AvgIpc) is 3.07.